The maximum absolute atomic E-state index is 13.3. The van der Waals surface area contributed by atoms with E-state index in [0.29, 0.717) is 40.9 Å². The van der Waals surface area contributed by atoms with E-state index >= 15 is 0 Å². The minimum atomic E-state index is -0.507. The number of amides is 1. The highest BCUT2D eigenvalue weighted by atomic mass is 79.9. The van der Waals surface area contributed by atoms with Gasteiger partial charge in [0, 0.05) is 30.9 Å². The molecule has 0 unspecified atom stereocenters. The van der Waals surface area contributed by atoms with Gasteiger partial charge >= 0.3 is 0 Å². The van der Waals surface area contributed by atoms with Crippen LogP contribution in [-0.2, 0) is 11.3 Å². The lowest BCUT2D eigenvalue weighted by Gasteiger charge is -2.14. The van der Waals surface area contributed by atoms with Gasteiger partial charge < -0.3 is 9.30 Å². The summed E-state index contributed by atoms with van der Waals surface area (Å²) in [5.41, 5.74) is 2.05. The molecule has 0 saturated carbocycles. The minimum Gasteiger partial charge on any atom is -0.385 e. The van der Waals surface area contributed by atoms with Gasteiger partial charge in [0.2, 0.25) is 0 Å². The van der Waals surface area contributed by atoms with Crippen molar-refractivity contribution in [3.05, 3.63) is 85.7 Å². The zero-order valence-electron chi connectivity index (χ0n) is 18.1. The van der Waals surface area contributed by atoms with Crippen molar-refractivity contribution in [1.82, 2.24) is 14.0 Å². The number of halogens is 1. The third-order valence-electron chi connectivity index (χ3n) is 5.27. The average molecular weight is 506 g/mol. The number of ether oxygens (including phenoxy) is 1. The number of carbonyl (C=O) groups excluding carboxylic acids is 1. The summed E-state index contributed by atoms with van der Waals surface area (Å²) in [4.78, 5) is 35.3. The molecule has 0 bridgehead atoms. The molecule has 3 aromatic heterocycles. The van der Waals surface area contributed by atoms with E-state index in [0.717, 1.165) is 5.56 Å². The first kappa shape index (κ1) is 22.6. The van der Waals surface area contributed by atoms with Crippen molar-refractivity contribution in [1.29, 1.82) is 5.26 Å². The van der Waals surface area contributed by atoms with Gasteiger partial charge in [-0.1, -0.05) is 18.2 Å². The highest BCUT2D eigenvalue weighted by Crippen LogP contribution is 2.17. The fourth-order valence-corrected chi connectivity index (χ4v) is 4.11. The van der Waals surface area contributed by atoms with Crippen molar-refractivity contribution in [2.75, 3.05) is 13.7 Å². The van der Waals surface area contributed by atoms with Crippen LogP contribution in [0.5, 0.6) is 0 Å². The molecule has 0 radical (unpaired) electrons. The van der Waals surface area contributed by atoms with Crippen molar-refractivity contribution in [2.24, 2.45) is 4.99 Å². The summed E-state index contributed by atoms with van der Waals surface area (Å²) in [6.45, 7) is 2.68. The Morgan fingerprint density at radius 3 is 2.76 bits per heavy atom. The molecule has 0 aliphatic heterocycles. The number of fused-ring (bicyclic) bond motifs is 2. The number of aromatic nitrogens is 3. The number of rotatable bonds is 5. The number of benzene rings is 1. The fourth-order valence-electron chi connectivity index (χ4n) is 3.66. The lowest BCUT2D eigenvalue weighted by molar-refractivity contribution is 0.0996. The van der Waals surface area contributed by atoms with Crippen molar-refractivity contribution in [3.8, 4) is 6.07 Å². The standard InChI is InChI=1S/C24H20BrN5O3/c1-15-7-5-10-30-20(15)27-22-18(24(30)32)13-16(14-26)21(29(22)11-6-12-33-2)28-23(31)17-8-3-4-9-19(17)25/h3-5,7-10,13H,6,11-12H2,1-2H3. The molecule has 0 aliphatic carbocycles. The average Bonchev–Trinajstić information content (AvgIpc) is 2.81. The van der Waals surface area contributed by atoms with Crippen molar-refractivity contribution in [3.63, 3.8) is 0 Å². The van der Waals surface area contributed by atoms with Gasteiger partial charge in [-0.15, -0.1) is 0 Å². The van der Waals surface area contributed by atoms with E-state index < -0.39 is 5.91 Å². The van der Waals surface area contributed by atoms with Gasteiger partial charge in [-0.2, -0.15) is 10.3 Å². The summed E-state index contributed by atoms with van der Waals surface area (Å²) in [5.74, 6) is -0.507. The maximum atomic E-state index is 13.3. The molecule has 4 rings (SSSR count). The summed E-state index contributed by atoms with van der Waals surface area (Å²) in [7, 11) is 1.59. The fraction of sp³-hybridized carbons (Fsp3) is 0.208. The highest BCUT2D eigenvalue weighted by Gasteiger charge is 2.16. The van der Waals surface area contributed by atoms with E-state index in [2.05, 4.69) is 27.0 Å². The first-order valence-electron chi connectivity index (χ1n) is 10.2. The van der Waals surface area contributed by atoms with Gasteiger partial charge in [0.15, 0.2) is 5.49 Å². The van der Waals surface area contributed by atoms with E-state index in [-0.39, 0.29) is 22.0 Å². The molecule has 1 amide bonds. The number of pyridine rings is 2. The molecule has 4 aromatic rings. The van der Waals surface area contributed by atoms with E-state index in [1.807, 2.05) is 13.0 Å². The molecule has 166 valence electrons. The highest BCUT2D eigenvalue weighted by molar-refractivity contribution is 9.10. The number of nitriles is 1. The Balaban J connectivity index is 2.09. The zero-order valence-corrected chi connectivity index (χ0v) is 19.7. The van der Waals surface area contributed by atoms with Gasteiger partial charge in [0.05, 0.1) is 16.5 Å². The summed E-state index contributed by atoms with van der Waals surface area (Å²) < 4.78 is 8.90. The van der Waals surface area contributed by atoms with Crippen molar-refractivity contribution < 1.29 is 9.53 Å². The minimum absolute atomic E-state index is 0.117. The van der Waals surface area contributed by atoms with Crippen LogP contribution in [0.25, 0.3) is 16.7 Å². The maximum Gasteiger partial charge on any atom is 0.280 e. The molecule has 0 saturated heterocycles. The van der Waals surface area contributed by atoms with Crippen molar-refractivity contribution >= 4 is 38.5 Å². The van der Waals surface area contributed by atoms with E-state index in [4.69, 9.17) is 9.72 Å². The lowest BCUT2D eigenvalue weighted by atomic mass is 10.2. The Morgan fingerprint density at radius 2 is 2.03 bits per heavy atom. The second kappa shape index (κ2) is 9.48. The molecular formula is C24H20BrN5O3. The van der Waals surface area contributed by atoms with Gasteiger partial charge in [-0.25, -0.2) is 4.98 Å². The monoisotopic (exact) mass is 505 g/mol. The lowest BCUT2D eigenvalue weighted by Crippen LogP contribution is -2.30. The number of aryl methyl sites for hydroxylation is 2. The molecule has 0 spiro atoms. The van der Waals surface area contributed by atoms with Crippen molar-refractivity contribution in [2.45, 2.75) is 19.9 Å². The number of nitrogens with zero attached hydrogens (tertiary/aromatic N) is 5. The van der Waals surface area contributed by atoms with E-state index in [1.54, 1.807) is 48.2 Å². The van der Waals surface area contributed by atoms with Crippen LogP contribution in [0.1, 0.15) is 27.9 Å². The Hall–Kier alpha value is -3.61. The first-order valence-corrected chi connectivity index (χ1v) is 11.0. The quantitative estimate of drug-likeness (QED) is 0.305. The van der Waals surface area contributed by atoms with E-state index in [9.17, 15) is 14.9 Å². The summed E-state index contributed by atoms with van der Waals surface area (Å²) >= 11 is 3.37. The van der Waals surface area contributed by atoms with Gasteiger partial charge in [-0.05, 0) is 59.1 Å². The number of hydrogen-bond donors (Lipinski definition) is 0. The number of hydrogen-bond acceptors (Lipinski definition) is 5. The van der Waals surface area contributed by atoms with Gasteiger partial charge in [-0.3, -0.25) is 14.0 Å². The second-order valence-electron chi connectivity index (χ2n) is 7.43. The number of carbonyl (C=O) groups is 1. The smallest absolute Gasteiger partial charge is 0.280 e. The Bertz CT molecular complexity index is 1560. The molecule has 0 N–H and O–H groups in total. The van der Waals surface area contributed by atoms with Crippen LogP contribution in [0, 0.1) is 18.3 Å². The van der Waals surface area contributed by atoms with Crippen LogP contribution < -0.4 is 11.0 Å². The van der Waals surface area contributed by atoms with Gasteiger partial charge in [0.1, 0.15) is 17.4 Å². The van der Waals surface area contributed by atoms with Gasteiger partial charge in [0.25, 0.3) is 11.5 Å². The summed E-state index contributed by atoms with van der Waals surface area (Å²) in [6.07, 6.45) is 2.22. The van der Waals surface area contributed by atoms with Crippen LogP contribution >= 0.6 is 15.9 Å². The molecule has 1 aromatic carbocycles. The molecule has 9 heteroatoms. The predicted octanol–water partition coefficient (Wildman–Crippen LogP) is 3.37. The second-order valence-corrected chi connectivity index (χ2v) is 8.28. The molecule has 33 heavy (non-hydrogen) atoms. The molecule has 3 heterocycles. The third-order valence-corrected chi connectivity index (χ3v) is 5.96. The van der Waals surface area contributed by atoms with E-state index in [1.165, 1.54) is 10.5 Å². The predicted molar refractivity (Wildman–Crippen MR) is 127 cm³/mol. The first-order chi connectivity index (χ1) is 16.0. The Kier molecular flexibility index (Phi) is 6.49. The van der Waals surface area contributed by atoms with Crippen LogP contribution in [-0.4, -0.2) is 33.6 Å². The summed E-state index contributed by atoms with van der Waals surface area (Å²) in [5, 5.41) is 10.1. The Labute approximate surface area is 197 Å². The van der Waals surface area contributed by atoms with Crippen LogP contribution in [0.3, 0.4) is 0 Å². The SMILES string of the molecule is COCCCn1c(=NC(=O)c2ccccc2Br)c(C#N)cc2c(=O)n3cccc(C)c3nc21. The largest absolute Gasteiger partial charge is 0.385 e. The third kappa shape index (κ3) is 4.23. The Morgan fingerprint density at radius 1 is 1.24 bits per heavy atom. The molecule has 0 atom stereocenters. The molecule has 0 aliphatic rings. The number of methoxy groups -OCH3 is 1. The van der Waals surface area contributed by atoms with Crippen LogP contribution in [0.2, 0.25) is 0 Å². The normalized spacial score (nSPS) is 11.8. The molecule has 0 fully saturated rings. The zero-order chi connectivity index (χ0) is 23.5. The summed E-state index contributed by atoms with van der Waals surface area (Å²) in [6, 6.07) is 14.1. The van der Waals surface area contributed by atoms with Crippen LogP contribution in [0.4, 0.5) is 0 Å². The van der Waals surface area contributed by atoms with Crippen LogP contribution in [0.15, 0.2) is 62.9 Å². The molecule has 8 nitrogen and oxygen atoms in total. The topological polar surface area (TPSA) is 102 Å². The molecular weight excluding hydrogens is 486 g/mol.